The van der Waals surface area contributed by atoms with Crippen molar-refractivity contribution in [2.45, 2.75) is 76.9 Å². The molecule has 0 bridgehead atoms. The van der Waals surface area contributed by atoms with Crippen LogP contribution in [0.3, 0.4) is 0 Å². The summed E-state index contributed by atoms with van der Waals surface area (Å²) in [4.78, 5) is 59.8. The Balaban J connectivity index is 0.758. The Morgan fingerprint density at radius 2 is 1.75 bits per heavy atom. The molecule has 3 fully saturated rings. The summed E-state index contributed by atoms with van der Waals surface area (Å²) in [6.07, 6.45) is 8.29. The first kappa shape index (κ1) is 41.6. The summed E-state index contributed by atoms with van der Waals surface area (Å²) in [5.74, 6) is 0.655. The fraction of sp³-hybridized carbons (Fsp3) is 0.438. The van der Waals surface area contributed by atoms with Crippen molar-refractivity contribution in [3.8, 4) is 5.82 Å². The smallest absolute Gasteiger partial charge is 0.278 e. The van der Waals surface area contributed by atoms with Crippen LogP contribution in [0.1, 0.15) is 73.9 Å². The van der Waals surface area contributed by atoms with Crippen LogP contribution in [0, 0.1) is 12.8 Å². The van der Waals surface area contributed by atoms with Crippen molar-refractivity contribution in [1.82, 2.24) is 44.3 Å². The molecule has 10 rings (SSSR count). The molecule has 1 aliphatic carbocycles. The Hall–Kier alpha value is -6.39. The number of piperidine rings is 2. The molecule has 2 aromatic carbocycles. The van der Waals surface area contributed by atoms with Gasteiger partial charge in [0.2, 0.25) is 17.8 Å². The number of pyridine rings is 1. The molecule has 1 unspecified atom stereocenters. The molecule has 4 aromatic heterocycles. The Kier molecular flexibility index (Phi) is 10.8. The van der Waals surface area contributed by atoms with Crippen molar-refractivity contribution < 1.29 is 14.7 Å². The van der Waals surface area contributed by atoms with Crippen molar-refractivity contribution in [3.63, 3.8) is 0 Å². The maximum atomic E-state index is 13.6. The van der Waals surface area contributed by atoms with Gasteiger partial charge in [0.25, 0.3) is 5.56 Å². The van der Waals surface area contributed by atoms with Crippen molar-refractivity contribution >= 4 is 56.8 Å². The normalized spacial score (nSPS) is 20.9. The molecule has 4 aliphatic rings. The number of aryl methyl sites for hydroxylation is 3. The average molecular weight is 865 g/mol. The van der Waals surface area contributed by atoms with Gasteiger partial charge in [-0.25, -0.2) is 19.3 Å². The van der Waals surface area contributed by atoms with E-state index in [9.17, 15) is 19.5 Å². The summed E-state index contributed by atoms with van der Waals surface area (Å²) in [6.45, 7) is 15.3. The van der Waals surface area contributed by atoms with Crippen LogP contribution in [0.4, 0.5) is 23.0 Å². The van der Waals surface area contributed by atoms with E-state index < -0.39 is 11.5 Å². The summed E-state index contributed by atoms with van der Waals surface area (Å²) in [5.41, 5.74) is 7.05. The SMILES string of the molecule is C=CCn1c(=O)c2cnc(Nc3ccc(N4CCN(CC5CCN(c6ccc7c(C8CCC(=O)NC8=O)nn(C)c7c6)CC5)CC4)c(C)c3)nc2n1-c1ccc2c(n1)[C@@](O)(CC)CC2. The van der Waals surface area contributed by atoms with Gasteiger partial charge in [-0.2, -0.15) is 10.1 Å². The molecule has 2 amide bonds. The van der Waals surface area contributed by atoms with Crippen LogP contribution in [0.15, 0.2) is 72.2 Å². The highest BCUT2D eigenvalue weighted by Gasteiger charge is 2.37. The summed E-state index contributed by atoms with van der Waals surface area (Å²) in [6, 6.07) is 16.7. The molecule has 6 aromatic rings. The Labute approximate surface area is 371 Å². The first-order valence-corrected chi connectivity index (χ1v) is 22.7. The predicted molar refractivity (Wildman–Crippen MR) is 248 cm³/mol. The van der Waals surface area contributed by atoms with E-state index >= 15 is 0 Å². The van der Waals surface area contributed by atoms with Gasteiger partial charge in [0.05, 0.1) is 29.4 Å². The second-order valence-electron chi connectivity index (χ2n) is 18.0. The van der Waals surface area contributed by atoms with Crippen molar-refractivity contribution in [2.24, 2.45) is 13.0 Å². The van der Waals surface area contributed by atoms with Gasteiger partial charge < -0.3 is 20.2 Å². The number of hydrogen-bond acceptors (Lipinski definition) is 12. The van der Waals surface area contributed by atoms with Gasteiger partial charge in [0.1, 0.15) is 11.0 Å². The van der Waals surface area contributed by atoms with E-state index in [0.29, 0.717) is 60.1 Å². The number of carbonyl (C=O) groups excluding carboxylic acids is 2. The second-order valence-corrected chi connectivity index (χ2v) is 18.0. The zero-order chi connectivity index (χ0) is 44.3. The van der Waals surface area contributed by atoms with Gasteiger partial charge in [-0.3, -0.25) is 29.3 Å². The molecular formula is C48H56N12O4. The van der Waals surface area contributed by atoms with E-state index in [-0.39, 0.29) is 23.9 Å². The summed E-state index contributed by atoms with van der Waals surface area (Å²) < 4.78 is 5.13. The third kappa shape index (κ3) is 7.51. The molecule has 332 valence electrons. The fourth-order valence-corrected chi connectivity index (χ4v) is 10.4. The number of rotatable bonds is 11. The first-order chi connectivity index (χ1) is 31.0. The van der Waals surface area contributed by atoms with Crippen molar-refractivity contribution in [1.29, 1.82) is 0 Å². The van der Waals surface area contributed by atoms with E-state index in [0.717, 1.165) is 98.5 Å². The van der Waals surface area contributed by atoms with Crippen molar-refractivity contribution in [2.75, 3.05) is 60.9 Å². The second kappa shape index (κ2) is 16.6. The number of carbonyl (C=O) groups is 2. The number of nitrogens with zero attached hydrogens (tertiary/aromatic N) is 10. The molecule has 3 aliphatic heterocycles. The van der Waals surface area contributed by atoms with Crippen molar-refractivity contribution in [3.05, 3.63) is 100 Å². The molecule has 16 nitrogen and oxygen atoms in total. The maximum Gasteiger partial charge on any atom is 0.278 e. The summed E-state index contributed by atoms with van der Waals surface area (Å²) in [7, 11) is 1.92. The van der Waals surface area contributed by atoms with E-state index in [2.05, 4.69) is 80.2 Å². The Morgan fingerprint density at radius 3 is 2.50 bits per heavy atom. The number of benzene rings is 2. The highest BCUT2D eigenvalue weighted by Crippen LogP contribution is 2.39. The number of allylic oxidation sites excluding steroid dienone is 1. The molecule has 3 N–H and O–H groups in total. The Morgan fingerprint density at radius 1 is 0.938 bits per heavy atom. The van der Waals surface area contributed by atoms with Crippen LogP contribution in [0.25, 0.3) is 27.8 Å². The van der Waals surface area contributed by atoms with Crippen LogP contribution < -0.4 is 26.0 Å². The quantitative estimate of drug-likeness (QED) is 0.115. The lowest BCUT2D eigenvalue weighted by Crippen LogP contribution is -2.49. The summed E-state index contributed by atoms with van der Waals surface area (Å²) >= 11 is 0. The van der Waals surface area contributed by atoms with Gasteiger partial charge in [-0.05, 0) is 105 Å². The fourth-order valence-electron chi connectivity index (χ4n) is 10.4. The highest BCUT2D eigenvalue weighted by atomic mass is 16.3. The van der Waals surface area contributed by atoms with Crippen LogP contribution in [0.5, 0.6) is 0 Å². The number of nitrogens with one attached hydrogen (secondary N) is 2. The highest BCUT2D eigenvalue weighted by molar-refractivity contribution is 6.02. The largest absolute Gasteiger partial charge is 0.384 e. The molecule has 3 saturated heterocycles. The molecule has 2 atom stereocenters. The van der Waals surface area contributed by atoms with Crippen LogP contribution in [0.2, 0.25) is 0 Å². The maximum absolute atomic E-state index is 13.6. The predicted octanol–water partition coefficient (Wildman–Crippen LogP) is 5.20. The van der Waals surface area contributed by atoms with Crippen LogP contribution in [-0.2, 0) is 35.2 Å². The molecule has 64 heavy (non-hydrogen) atoms. The average Bonchev–Trinajstić information content (AvgIpc) is 3.91. The lowest BCUT2D eigenvalue weighted by molar-refractivity contribution is -0.134. The number of aromatic nitrogens is 7. The number of aliphatic hydroxyl groups is 1. The zero-order valence-electron chi connectivity index (χ0n) is 36.9. The first-order valence-electron chi connectivity index (χ1n) is 22.7. The van der Waals surface area contributed by atoms with Gasteiger partial charge >= 0.3 is 0 Å². The summed E-state index contributed by atoms with van der Waals surface area (Å²) in [5, 5.41) is 23.2. The minimum absolute atomic E-state index is 0.213. The number of fused-ring (bicyclic) bond motifs is 3. The van der Waals surface area contributed by atoms with Gasteiger partial charge in [-0.15, -0.1) is 6.58 Å². The molecule has 7 heterocycles. The minimum atomic E-state index is -0.993. The van der Waals surface area contributed by atoms with Gasteiger partial charge in [-0.1, -0.05) is 19.1 Å². The number of imide groups is 1. The third-order valence-electron chi connectivity index (χ3n) is 14.1. The van der Waals surface area contributed by atoms with E-state index in [1.807, 2.05) is 30.8 Å². The molecule has 0 spiro atoms. The Bertz CT molecular complexity index is 2870. The topological polar surface area (TPSA) is 172 Å². The van der Waals surface area contributed by atoms with Crippen LogP contribution >= 0.6 is 0 Å². The lowest BCUT2D eigenvalue weighted by Gasteiger charge is -2.40. The monoisotopic (exact) mass is 864 g/mol. The van der Waals surface area contributed by atoms with E-state index in [1.54, 1.807) is 21.6 Å². The lowest BCUT2D eigenvalue weighted by atomic mass is 9.92. The molecular weight excluding hydrogens is 809 g/mol. The third-order valence-corrected chi connectivity index (χ3v) is 14.1. The zero-order valence-corrected chi connectivity index (χ0v) is 36.9. The number of anilines is 4. The minimum Gasteiger partial charge on any atom is -0.384 e. The van der Waals surface area contributed by atoms with Gasteiger partial charge in [0, 0.05) is 87.9 Å². The van der Waals surface area contributed by atoms with E-state index in [1.165, 1.54) is 11.4 Å². The number of hydrogen-bond donors (Lipinski definition) is 3. The number of piperazine rings is 1. The molecule has 16 heteroatoms. The molecule has 0 radical (unpaired) electrons. The van der Waals surface area contributed by atoms with Gasteiger partial charge in [0.15, 0.2) is 11.5 Å². The number of amides is 2. The standard InChI is InChI=1S/C48H56N12O4/c1-5-19-59-46(63)37-28-49-47(53-44(37)60(59)40-13-7-32-15-18-48(64,6-2)43(32)51-40)50-33-8-12-38(30(3)26-33)58-24-22-56(23-25-58)29-31-16-20-57(21-17-31)34-9-10-35-39(27-34)55(4)54-42(35)36-11-14-41(61)52-45(36)62/h5,7-10,12-13,26-28,31,36,64H,1,6,11,14-25,29H2,2-4H3,(H,49,50,53)(H,52,61,62)/t36?,48-/m1/s1. The van der Waals surface area contributed by atoms with E-state index in [4.69, 9.17) is 15.1 Å². The van der Waals surface area contributed by atoms with Crippen LogP contribution in [-0.4, -0.2) is 102 Å². The molecule has 0 saturated carbocycles.